The highest BCUT2D eigenvalue weighted by atomic mass is 16.5. The van der Waals surface area contributed by atoms with Crippen LogP contribution >= 0.6 is 0 Å². The SMILES string of the molecule is COc1nc(/C=C/C(=O)O)ccc1CO. The Morgan fingerprint density at radius 1 is 1.60 bits per heavy atom. The van der Waals surface area contributed by atoms with Crippen LogP contribution in [0.15, 0.2) is 18.2 Å². The summed E-state index contributed by atoms with van der Waals surface area (Å²) in [7, 11) is 1.44. The predicted octanol–water partition coefficient (Wildman–Crippen LogP) is 0.680. The van der Waals surface area contributed by atoms with E-state index in [1.807, 2.05) is 0 Å². The smallest absolute Gasteiger partial charge is 0.328 e. The van der Waals surface area contributed by atoms with Crippen molar-refractivity contribution in [2.24, 2.45) is 0 Å². The van der Waals surface area contributed by atoms with E-state index in [0.29, 0.717) is 17.1 Å². The monoisotopic (exact) mass is 209 g/mol. The Bertz CT molecular complexity index is 387. The van der Waals surface area contributed by atoms with Crippen molar-refractivity contribution < 1.29 is 19.7 Å². The fourth-order valence-corrected chi connectivity index (χ4v) is 1.03. The molecule has 0 saturated carbocycles. The van der Waals surface area contributed by atoms with Gasteiger partial charge in [-0.25, -0.2) is 9.78 Å². The average Bonchev–Trinajstić information content (AvgIpc) is 2.25. The number of carbonyl (C=O) groups is 1. The summed E-state index contributed by atoms with van der Waals surface area (Å²) >= 11 is 0. The third-order valence-corrected chi connectivity index (χ3v) is 1.72. The molecule has 0 radical (unpaired) electrons. The van der Waals surface area contributed by atoms with E-state index in [4.69, 9.17) is 14.9 Å². The van der Waals surface area contributed by atoms with Gasteiger partial charge in [0.25, 0.3) is 0 Å². The lowest BCUT2D eigenvalue weighted by Crippen LogP contribution is -1.96. The number of aliphatic carboxylic acids is 1. The molecule has 0 saturated heterocycles. The molecule has 1 aromatic rings. The molecule has 0 amide bonds. The minimum atomic E-state index is -1.04. The summed E-state index contributed by atoms with van der Waals surface area (Å²) in [6, 6.07) is 3.24. The molecule has 5 heteroatoms. The second-order valence-electron chi connectivity index (χ2n) is 2.73. The van der Waals surface area contributed by atoms with Gasteiger partial charge in [-0.2, -0.15) is 0 Å². The maximum Gasteiger partial charge on any atom is 0.328 e. The van der Waals surface area contributed by atoms with Gasteiger partial charge in [-0.1, -0.05) is 0 Å². The van der Waals surface area contributed by atoms with Crippen molar-refractivity contribution in [2.45, 2.75) is 6.61 Å². The van der Waals surface area contributed by atoms with E-state index in [0.717, 1.165) is 6.08 Å². The minimum Gasteiger partial charge on any atom is -0.481 e. The van der Waals surface area contributed by atoms with Crippen molar-refractivity contribution in [3.05, 3.63) is 29.5 Å². The summed E-state index contributed by atoms with van der Waals surface area (Å²) in [5, 5.41) is 17.3. The predicted molar refractivity (Wildman–Crippen MR) is 53.4 cm³/mol. The number of methoxy groups -OCH3 is 1. The summed E-state index contributed by atoms with van der Waals surface area (Å²) in [6.45, 7) is -0.168. The molecule has 1 rings (SSSR count). The zero-order chi connectivity index (χ0) is 11.3. The van der Waals surface area contributed by atoms with Crippen LogP contribution < -0.4 is 4.74 Å². The normalized spacial score (nSPS) is 10.5. The van der Waals surface area contributed by atoms with E-state index in [1.165, 1.54) is 13.2 Å². The van der Waals surface area contributed by atoms with Crippen molar-refractivity contribution in [3.63, 3.8) is 0 Å². The van der Waals surface area contributed by atoms with Gasteiger partial charge in [-0.05, 0) is 18.2 Å². The van der Waals surface area contributed by atoms with E-state index in [-0.39, 0.29) is 6.61 Å². The number of aromatic nitrogens is 1. The molecule has 0 atom stereocenters. The topological polar surface area (TPSA) is 79.7 Å². The van der Waals surface area contributed by atoms with Crippen LogP contribution in [0.3, 0.4) is 0 Å². The van der Waals surface area contributed by atoms with E-state index in [2.05, 4.69) is 4.98 Å². The number of hydrogen-bond acceptors (Lipinski definition) is 4. The summed E-state index contributed by atoms with van der Waals surface area (Å²) in [4.78, 5) is 14.3. The Kier molecular flexibility index (Phi) is 3.82. The first-order valence-electron chi connectivity index (χ1n) is 4.23. The quantitative estimate of drug-likeness (QED) is 0.713. The molecule has 5 nitrogen and oxygen atoms in total. The van der Waals surface area contributed by atoms with Gasteiger partial charge < -0.3 is 14.9 Å². The molecular weight excluding hydrogens is 198 g/mol. The summed E-state index contributed by atoms with van der Waals surface area (Å²) in [5.41, 5.74) is 1.02. The summed E-state index contributed by atoms with van der Waals surface area (Å²) < 4.78 is 4.93. The van der Waals surface area contributed by atoms with Crippen molar-refractivity contribution in [1.82, 2.24) is 4.98 Å². The number of nitrogens with zero attached hydrogens (tertiary/aromatic N) is 1. The first-order chi connectivity index (χ1) is 7.17. The van der Waals surface area contributed by atoms with Crippen molar-refractivity contribution in [3.8, 4) is 5.88 Å². The number of rotatable bonds is 4. The number of aliphatic hydroxyl groups excluding tert-OH is 1. The molecule has 0 fully saturated rings. The van der Waals surface area contributed by atoms with Crippen LogP contribution in [0.4, 0.5) is 0 Å². The Morgan fingerprint density at radius 2 is 2.33 bits per heavy atom. The van der Waals surface area contributed by atoms with Crippen LogP contribution in [-0.2, 0) is 11.4 Å². The second kappa shape index (κ2) is 5.11. The van der Waals surface area contributed by atoms with Crippen LogP contribution in [0.5, 0.6) is 5.88 Å². The fourth-order valence-electron chi connectivity index (χ4n) is 1.03. The van der Waals surface area contributed by atoms with Gasteiger partial charge in [0.1, 0.15) is 0 Å². The van der Waals surface area contributed by atoms with Gasteiger partial charge in [0.15, 0.2) is 0 Å². The van der Waals surface area contributed by atoms with E-state index < -0.39 is 5.97 Å². The lowest BCUT2D eigenvalue weighted by Gasteiger charge is -2.04. The number of aliphatic hydroxyl groups is 1. The number of pyridine rings is 1. The highest BCUT2D eigenvalue weighted by Crippen LogP contribution is 2.16. The highest BCUT2D eigenvalue weighted by Gasteiger charge is 2.03. The molecule has 0 bridgehead atoms. The first kappa shape index (κ1) is 11.2. The van der Waals surface area contributed by atoms with Gasteiger partial charge in [0, 0.05) is 11.6 Å². The van der Waals surface area contributed by atoms with Gasteiger partial charge >= 0.3 is 5.97 Å². The molecule has 0 aliphatic carbocycles. The number of carboxylic acid groups (broad SMARTS) is 1. The van der Waals surface area contributed by atoms with Crippen molar-refractivity contribution >= 4 is 12.0 Å². The Hall–Kier alpha value is -1.88. The Labute approximate surface area is 86.6 Å². The standard InChI is InChI=1S/C10H11NO4/c1-15-10-7(6-12)2-3-8(11-10)4-5-9(13)14/h2-5,12H,6H2,1H3,(H,13,14)/b5-4+. The van der Waals surface area contributed by atoms with E-state index in [1.54, 1.807) is 12.1 Å². The lowest BCUT2D eigenvalue weighted by atomic mass is 10.2. The van der Waals surface area contributed by atoms with Gasteiger partial charge in [-0.15, -0.1) is 0 Å². The van der Waals surface area contributed by atoms with Gasteiger partial charge in [0.05, 0.1) is 19.4 Å². The molecule has 0 aromatic carbocycles. The first-order valence-corrected chi connectivity index (χ1v) is 4.23. The highest BCUT2D eigenvalue weighted by molar-refractivity contribution is 5.84. The molecule has 0 unspecified atom stereocenters. The average molecular weight is 209 g/mol. The van der Waals surface area contributed by atoms with Crippen LogP contribution in [-0.4, -0.2) is 28.3 Å². The molecule has 0 spiro atoms. The molecule has 2 N–H and O–H groups in total. The maximum absolute atomic E-state index is 10.3. The summed E-state index contributed by atoms with van der Waals surface area (Å²) in [6.07, 6.45) is 2.34. The second-order valence-corrected chi connectivity index (χ2v) is 2.73. The third-order valence-electron chi connectivity index (χ3n) is 1.72. The minimum absolute atomic E-state index is 0.168. The van der Waals surface area contributed by atoms with Gasteiger partial charge in [-0.3, -0.25) is 0 Å². The van der Waals surface area contributed by atoms with Crippen LogP contribution in [0.1, 0.15) is 11.3 Å². The number of carboxylic acids is 1. The van der Waals surface area contributed by atoms with Crippen LogP contribution in [0.2, 0.25) is 0 Å². The van der Waals surface area contributed by atoms with E-state index >= 15 is 0 Å². The zero-order valence-electron chi connectivity index (χ0n) is 8.17. The maximum atomic E-state index is 10.3. The largest absolute Gasteiger partial charge is 0.481 e. The lowest BCUT2D eigenvalue weighted by molar-refractivity contribution is -0.131. The molecule has 80 valence electrons. The number of hydrogen-bond donors (Lipinski definition) is 2. The molecule has 1 heterocycles. The van der Waals surface area contributed by atoms with Crippen LogP contribution in [0.25, 0.3) is 6.08 Å². The molecule has 0 aliphatic heterocycles. The molecule has 0 aliphatic rings. The van der Waals surface area contributed by atoms with E-state index in [9.17, 15) is 4.79 Å². The van der Waals surface area contributed by atoms with Crippen molar-refractivity contribution in [1.29, 1.82) is 0 Å². The number of ether oxygens (including phenoxy) is 1. The Morgan fingerprint density at radius 3 is 2.87 bits per heavy atom. The molecule has 1 aromatic heterocycles. The third kappa shape index (κ3) is 3.07. The van der Waals surface area contributed by atoms with Gasteiger partial charge in [0.2, 0.25) is 5.88 Å². The summed E-state index contributed by atoms with van der Waals surface area (Å²) in [5.74, 6) is -0.743. The molecular formula is C10H11NO4. The van der Waals surface area contributed by atoms with Crippen molar-refractivity contribution in [2.75, 3.05) is 7.11 Å². The molecule has 15 heavy (non-hydrogen) atoms. The Balaban J connectivity index is 2.97. The fraction of sp³-hybridized carbons (Fsp3) is 0.200. The van der Waals surface area contributed by atoms with Crippen LogP contribution in [0, 0.1) is 0 Å². The zero-order valence-corrected chi connectivity index (χ0v) is 8.17.